The molecule has 2 aliphatic rings. The van der Waals surface area contributed by atoms with Crippen molar-refractivity contribution in [1.82, 2.24) is 5.43 Å². The Labute approximate surface area is 124 Å². The van der Waals surface area contributed by atoms with Crippen LogP contribution in [0.3, 0.4) is 0 Å². The number of hydrogen-bond donors (Lipinski definition) is 2. The molecule has 1 heterocycles. The molecule has 4 unspecified atom stereocenters. The van der Waals surface area contributed by atoms with Gasteiger partial charge in [0.15, 0.2) is 0 Å². The first-order valence-corrected chi connectivity index (χ1v) is 8.26. The fourth-order valence-corrected chi connectivity index (χ4v) is 4.87. The van der Waals surface area contributed by atoms with Gasteiger partial charge in [-0.15, -0.1) is 11.3 Å². The van der Waals surface area contributed by atoms with Gasteiger partial charge in [0.1, 0.15) is 0 Å². The van der Waals surface area contributed by atoms with Gasteiger partial charge in [-0.25, -0.2) is 0 Å². The van der Waals surface area contributed by atoms with E-state index in [9.17, 15) is 0 Å². The SMILES string of the molecule is Cc1cc(C(NN)C2C3CCc4ccccc4C32)cs1. The van der Waals surface area contributed by atoms with Crippen molar-refractivity contribution in [2.45, 2.75) is 31.7 Å². The van der Waals surface area contributed by atoms with Crippen LogP contribution in [0.5, 0.6) is 0 Å². The van der Waals surface area contributed by atoms with Gasteiger partial charge in [-0.3, -0.25) is 11.3 Å². The van der Waals surface area contributed by atoms with Crippen LogP contribution in [0.25, 0.3) is 0 Å². The normalized spacial score (nSPS) is 28.6. The number of nitrogens with two attached hydrogens (primary N) is 1. The maximum atomic E-state index is 5.88. The third kappa shape index (κ3) is 1.85. The number of hydrogen-bond acceptors (Lipinski definition) is 3. The average Bonchev–Trinajstić information content (AvgIpc) is 3.05. The molecule has 0 amide bonds. The molecule has 0 saturated heterocycles. The van der Waals surface area contributed by atoms with Crippen molar-refractivity contribution >= 4 is 11.3 Å². The second-order valence-electron chi connectivity index (χ2n) is 6.14. The molecule has 3 N–H and O–H groups in total. The lowest BCUT2D eigenvalue weighted by atomic mass is 9.92. The molecule has 1 aromatic heterocycles. The molecule has 20 heavy (non-hydrogen) atoms. The van der Waals surface area contributed by atoms with E-state index in [4.69, 9.17) is 5.84 Å². The van der Waals surface area contributed by atoms with E-state index >= 15 is 0 Å². The smallest absolute Gasteiger partial charge is 0.0505 e. The van der Waals surface area contributed by atoms with E-state index < -0.39 is 0 Å². The number of fused-ring (bicyclic) bond motifs is 3. The number of nitrogens with one attached hydrogen (secondary N) is 1. The molecule has 0 spiro atoms. The van der Waals surface area contributed by atoms with Crippen molar-refractivity contribution in [2.24, 2.45) is 17.7 Å². The van der Waals surface area contributed by atoms with Gasteiger partial charge in [0.25, 0.3) is 0 Å². The van der Waals surface area contributed by atoms with Crippen LogP contribution in [0.2, 0.25) is 0 Å². The third-order valence-electron chi connectivity index (χ3n) is 5.07. The van der Waals surface area contributed by atoms with E-state index in [2.05, 4.69) is 48.1 Å². The lowest BCUT2D eigenvalue weighted by molar-refractivity contribution is 0.461. The zero-order valence-corrected chi connectivity index (χ0v) is 12.5. The van der Waals surface area contributed by atoms with Crippen molar-refractivity contribution in [3.63, 3.8) is 0 Å². The maximum absolute atomic E-state index is 5.88. The highest BCUT2D eigenvalue weighted by molar-refractivity contribution is 7.10. The Hall–Kier alpha value is -1.16. The fraction of sp³-hybridized carbons (Fsp3) is 0.412. The molecule has 1 aromatic carbocycles. The molecule has 2 nitrogen and oxygen atoms in total. The predicted octanol–water partition coefficient (Wildman–Crippen LogP) is 3.54. The molecular formula is C17H20N2S. The Morgan fingerprint density at radius 2 is 2.20 bits per heavy atom. The van der Waals surface area contributed by atoms with E-state index in [1.54, 1.807) is 11.1 Å². The lowest BCUT2D eigenvalue weighted by Gasteiger charge is -2.15. The van der Waals surface area contributed by atoms with Crippen LogP contribution >= 0.6 is 11.3 Å². The lowest BCUT2D eigenvalue weighted by Crippen LogP contribution is -2.30. The van der Waals surface area contributed by atoms with E-state index in [-0.39, 0.29) is 0 Å². The molecule has 104 valence electrons. The van der Waals surface area contributed by atoms with E-state index in [0.717, 1.165) is 5.92 Å². The van der Waals surface area contributed by atoms with Crippen LogP contribution in [0.15, 0.2) is 35.7 Å². The second kappa shape index (κ2) is 4.69. The van der Waals surface area contributed by atoms with Gasteiger partial charge in [-0.05, 0) is 65.7 Å². The number of hydrazine groups is 1. The molecule has 1 fully saturated rings. The largest absolute Gasteiger partial charge is 0.271 e. The molecule has 0 bridgehead atoms. The molecule has 4 rings (SSSR count). The second-order valence-corrected chi connectivity index (χ2v) is 7.25. The maximum Gasteiger partial charge on any atom is 0.0505 e. The zero-order chi connectivity index (χ0) is 13.7. The minimum atomic E-state index is 0.307. The Kier molecular flexibility index (Phi) is 2.95. The van der Waals surface area contributed by atoms with Crippen molar-refractivity contribution in [3.8, 4) is 0 Å². The Balaban J connectivity index is 1.65. The van der Waals surface area contributed by atoms with E-state index in [1.807, 2.05) is 11.3 Å². The Morgan fingerprint density at radius 1 is 1.35 bits per heavy atom. The van der Waals surface area contributed by atoms with Crippen molar-refractivity contribution in [2.75, 3.05) is 0 Å². The molecule has 3 heteroatoms. The quantitative estimate of drug-likeness (QED) is 0.668. The fourth-order valence-electron chi connectivity index (χ4n) is 4.13. The standard InChI is InChI=1S/C17H20N2S/c1-10-8-12(9-20-10)17(19-18)16-14-7-6-11-4-2-3-5-13(11)15(14)16/h2-5,8-9,14-17,19H,6-7,18H2,1H3. The summed E-state index contributed by atoms with van der Waals surface area (Å²) in [6.07, 6.45) is 2.54. The summed E-state index contributed by atoms with van der Waals surface area (Å²) in [5.41, 5.74) is 7.57. The number of aryl methyl sites for hydroxylation is 2. The van der Waals surface area contributed by atoms with Crippen molar-refractivity contribution < 1.29 is 0 Å². The van der Waals surface area contributed by atoms with E-state index in [1.165, 1.54) is 23.3 Å². The summed E-state index contributed by atoms with van der Waals surface area (Å²) in [4.78, 5) is 1.37. The molecule has 0 aliphatic heterocycles. The van der Waals surface area contributed by atoms with Gasteiger partial charge >= 0.3 is 0 Å². The molecule has 0 radical (unpaired) electrons. The summed E-state index contributed by atoms with van der Waals surface area (Å²) in [6.45, 7) is 2.16. The monoisotopic (exact) mass is 284 g/mol. The summed E-state index contributed by atoms with van der Waals surface area (Å²) in [5.74, 6) is 8.07. The molecule has 2 aromatic rings. The van der Waals surface area contributed by atoms with Gasteiger partial charge in [-0.1, -0.05) is 24.3 Å². The number of benzene rings is 1. The minimum Gasteiger partial charge on any atom is -0.271 e. The predicted molar refractivity (Wildman–Crippen MR) is 83.6 cm³/mol. The number of rotatable bonds is 3. The first-order chi connectivity index (χ1) is 9.79. The summed E-state index contributed by atoms with van der Waals surface area (Å²) in [7, 11) is 0. The zero-order valence-electron chi connectivity index (χ0n) is 11.7. The summed E-state index contributed by atoms with van der Waals surface area (Å²) in [6, 6.07) is 11.5. The van der Waals surface area contributed by atoms with Crippen LogP contribution in [-0.2, 0) is 6.42 Å². The third-order valence-corrected chi connectivity index (χ3v) is 5.94. The van der Waals surface area contributed by atoms with Crippen LogP contribution in [0.1, 0.15) is 39.9 Å². The topological polar surface area (TPSA) is 38.0 Å². The summed E-state index contributed by atoms with van der Waals surface area (Å²) < 4.78 is 0. The van der Waals surface area contributed by atoms with Crippen molar-refractivity contribution in [3.05, 3.63) is 57.3 Å². The van der Waals surface area contributed by atoms with Crippen molar-refractivity contribution in [1.29, 1.82) is 0 Å². The van der Waals surface area contributed by atoms with Crippen LogP contribution in [0.4, 0.5) is 0 Å². The van der Waals surface area contributed by atoms with Gasteiger partial charge in [0.05, 0.1) is 6.04 Å². The van der Waals surface area contributed by atoms with Crippen LogP contribution in [-0.4, -0.2) is 0 Å². The summed E-state index contributed by atoms with van der Waals surface area (Å²) in [5, 5.41) is 2.26. The molecule has 2 aliphatic carbocycles. The number of thiophene rings is 1. The van der Waals surface area contributed by atoms with Gasteiger partial charge in [0, 0.05) is 4.88 Å². The van der Waals surface area contributed by atoms with Gasteiger partial charge < -0.3 is 0 Å². The highest BCUT2D eigenvalue weighted by atomic mass is 32.1. The van der Waals surface area contributed by atoms with Crippen LogP contribution in [0, 0.1) is 18.8 Å². The van der Waals surface area contributed by atoms with Gasteiger partial charge in [0.2, 0.25) is 0 Å². The molecular weight excluding hydrogens is 264 g/mol. The first kappa shape index (κ1) is 12.6. The Bertz CT molecular complexity index is 633. The highest BCUT2D eigenvalue weighted by Gasteiger charge is 2.56. The highest BCUT2D eigenvalue weighted by Crippen LogP contribution is 2.64. The van der Waals surface area contributed by atoms with E-state index in [0.29, 0.717) is 17.9 Å². The minimum absolute atomic E-state index is 0.307. The van der Waals surface area contributed by atoms with Gasteiger partial charge in [-0.2, -0.15) is 0 Å². The molecule has 4 atom stereocenters. The average molecular weight is 284 g/mol. The first-order valence-electron chi connectivity index (χ1n) is 7.38. The molecule has 1 saturated carbocycles. The van der Waals surface area contributed by atoms with Crippen LogP contribution < -0.4 is 11.3 Å². The Morgan fingerprint density at radius 3 is 2.95 bits per heavy atom. The summed E-state index contributed by atoms with van der Waals surface area (Å²) >= 11 is 1.82.